The molecular weight excluding hydrogens is 300 g/mol. The van der Waals surface area contributed by atoms with E-state index in [1.807, 2.05) is 45.0 Å². The first-order chi connectivity index (χ1) is 10.3. The largest absolute Gasteiger partial charge is 0.444 e. The lowest BCUT2D eigenvalue weighted by Crippen LogP contribution is -2.36. The first kappa shape index (κ1) is 17.1. The standard InChI is InChI=1S/C17H25ClN2O2/c1-17(2,3)22-16(21)20-9-8-13(11-20)15(10-19)12-4-6-14(18)7-5-12/h4-7,13,15H,8-11,19H2,1-3H3. The number of nitrogens with two attached hydrogens (primary N) is 1. The second-order valence-electron chi connectivity index (χ2n) is 6.87. The molecule has 1 aromatic carbocycles. The summed E-state index contributed by atoms with van der Waals surface area (Å²) in [5.41, 5.74) is 6.70. The molecule has 0 radical (unpaired) electrons. The van der Waals surface area contributed by atoms with Gasteiger partial charge in [0, 0.05) is 24.0 Å². The number of likely N-dealkylation sites (tertiary alicyclic amines) is 1. The third-order valence-electron chi connectivity index (χ3n) is 4.00. The Labute approximate surface area is 137 Å². The van der Waals surface area contributed by atoms with Crippen molar-refractivity contribution in [2.45, 2.75) is 38.7 Å². The van der Waals surface area contributed by atoms with E-state index in [0.717, 1.165) is 18.0 Å². The molecule has 2 unspecified atom stereocenters. The van der Waals surface area contributed by atoms with Crippen LogP contribution in [-0.4, -0.2) is 36.2 Å². The van der Waals surface area contributed by atoms with Crippen molar-refractivity contribution >= 4 is 17.7 Å². The van der Waals surface area contributed by atoms with Crippen LogP contribution in [0.25, 0.3) is 0 Å². The predicted molar refractivity (Wildman–Crippen MR) is 89.2 cm³/mol. The van der Waals surface area contributed by atoms with Crippen molar-refractivity contribution in [3.05, 3.63) is 34.9 Å². The van der Waals surface area contributed by atoms with Gasteiger partial charge in [-0.05, 0) is 57.4 Å². The highest BCUT2D eigenvalue weighted by Crippen LogP contribution is 2.32. The van der Waals surface area contributed by atoms with Crippen molar-refractivity contribution in [1.29, 1.82) is 0 Å². The Morgan fingerprint density at radius 1 is 1.41 bits per heavy atom. The number of nitrogens with zero attached hydrogens (tertiary/aromatic N) is 1. The van der Waals surface area contributed by atoms with Crippen LogP contribution >= 0.6 is 11.6 Å². The van der Waals surface area contributed by atoms with Crippen molar-refractivity contribution in [3.63, 3.8) is 0 Å². The summed E-state index contributed by atoms with van der Waals surface area (Å²) in [7, 11) is 0. The highest BCUT2D eigenvalue weighted by molar-refractivity contribution is 6.30. The average Bonchev–Trinajstić information content (AvgIpc) is 2.89. The topological polar surface area (TPSA) is 55.6 Å². The summed E-state index contributed by atoms with van der Waals surface area (Å²) in [6.07, 6.45) is 0.714. The van der Waals surface area contributed by atoms with Gasteiger partial charge in [0.1, 0.15) is 5.60 Å². The van der Waals surface area contributed by atoms with Crippen LogP contribution in [0.3, 0.4) is 0 Å². The number of ether oxygens (including phenoxy) is 1. The molecule has 4 nitrogen and oxygen atoms in total. The lowest BCUT2D eigenvalue weighted by atomic mass is 9.85. The van der Waals surface area contributed by atoms with E-state index >= 15 is 0 Å². The number of benzene rings is 1. The van der Waals surface area contributed by atoms with Gasteiger partial charge < -0.3 is 15.4 Å². The Hall–Kier alpha value is -1.26. The number of halogens is 1. The van der Waals surface area contributed by atoms with Crippen LogP contribution in [0, 0.1) is 5.92 Å². The predicted octanol–water partition coefficient (Wildman–Crippen LogP) is 3.64. The highest BCUT2D eigenvalue weighted by Gasteiger charge is 2.34. The Kier molecular flexibility index (Phi) is 5.35. The van der Waals surface area contributed by atoms with Crippen LogP contribution in [0.1, 0.15) is 38.7 Å². The minimum absolute atomic E-state index is 0.234. The summed E-state index contributed by atoms with van der Waals surface area (Å²) in [6.45, 7) is 7.64. The molecule has 0 saturated carbocycles. The average molecular weight is 325 g/mol. The molecule has 2 N–H and O–H groups in total. The number of hydrogen-bond donors (Lipinski definition) is 1. The van der Waals surface area contributed by atoms with Crippen molar-refractivity contribution in [3.8, 4) is 0 Å². The maximum atomic E-state index is 12.2. The van der Waals surface area contributed by atoms with Gasteiger partial charge in [-0.2, -0.15) is 0 Å². The molecule has 1 aliphatic heterocycles. The van der Waals surface area contributed by atoms with Crippen LogP contribution in [-0.2, 0) is 4.74 Å². The van der Waals surface area contributed by atoms with Gasteiger partial charge in [0.15, 0.2) is 0 Å². The first-order valence-corrected chi connectivity index (χ1v) is 8.11. The monoisotopic (exact) mass is 324 g/mol. The summed E-state index contributed by atoms with van der Waals surface area (Å²) in [5.74, 6) is 0.600. The van der Waals surface area contributed by atoms with Gasteiger partial charge in [0.05, 0.1) is 0 Å². The van der Waals surface area contributed by atoms with E-state index in [-0.39, 0.29) is 12.0 Å². The van der Waals surface area contributed by atoms with Crippen LogP contribution in [0.2, 0.25) is 5.02 Å². The summed E-state index contributed by atoms with van der Waals surface area (Å²) >= 11 is 5.94. The molecule has 1 aliphatic rings. The molecule has 1 saturated heterocycles. The fraction of sp³-hybridized carbons (Fsp3) is 0.588. The number of carbonyl (C=O) groups excluding carboxylic acids is 1. The van der Waals surface area contributed by atoms with E-state index in [2.05, 4.69) is 0 Å². The molecule has 0 aromatic heterocycles. The van der Waals surface area contributed by atoms with Crippen LogP contribution < -0.4 is 5.73 Å². The van der Waals surface area contributed by atoms with Gasteiger partial charge in [-0.3, -0.25) is 0 Å². The van der Waals surface area contributed by atoms with Gasteiger partial charge >= 0.3 is 6.09 Å². The Balaban J connectivity index is 2.01. The minimum Gasteiger partial charge on any atom is -0.444 e. The lowest BCUT2D eigenvalue weighted by molar-refractivity contribution is 0.0286. The minimum atomic E-state index is -0.460. The van der Waals surface area contributed by atoms with Crippen molar-refractivity contribution in [1.82, 2.24) is 4.90 Å². The second-order valence-corrected chi connectivity index (χ2v) is 7.31. The fourth-order valence-electron chi connectivity index (χ4n) is 2.92. The van der Waals surface area contributed by atoms with Gasteiger partial charge in [0.25, 0.3) is 0 Å². The molecule has 1 fully saturated rings. The first-order valence-electron chi connectivity index (χ1n) is 7.73. The summed E-state index contributed by atoms with van der Waals surface area (Å²) in [6, 6.07) is 7.83. The Morgan fingerprint density at radius 3 is 2.59 bits per heavy atom. The highest BCUT2D eigenvalue weighted by atomic mass is 35.5. The molecule has 2 atom stereocenters. The van der Waals surface area contributed by atoms with E-state index in [1.165, 1.54) is 5.56 Å². The molecule has 0 spiro atoms. The molecule has 1 amide bonds. The normalized spacial score (nSPS) is 20.0. The molecule has 122 valence electrons. The van der Waals surface area contributed by atoms with E-state index < -0.39 is 5.60 Å². The number of rotatable bonds is 3. The Morgan fingerprint density at radius 2 is 2.05 bits per heavy atom. The smallest absolute Gasteiger partial charge is 0.410 e. The fourth-order valence-corrected chi connectivity index (χ4v) is 3.04. The summed E-state index contributed by atoms with van der Waals surface area (Å²) in [4.78, 5) is 13.9. The molecule has 2 rings (SSSR count). The van der Waals surface area contributed by atoms with Crippen molar-refractivity contribution in [2.75, 3.05) is 19.6 Å². The zero-order valence-electron chi connectivity index (χ0n) is 13.5. The lowest BCUT2D eigenvalue weighted by Gasteiger charge is -2.26. The van der Waals surface area contributed by atoms with Gasteiger partial charge in [-0.15, -0.1) is 0 Å². The quantitative estimate of drug-likeness (QED) is 0.923. The van der Waals surface area contributed by atoms with Gasteiger partial charge in [-0.1, -0.05) is 23.7 Å². The maximum absolute atomic E-state index is 12.2. The zero-order chi connectivity index (χ0) is 16.3. The van der Waals surface area contributed by atoms with Crippen LogP contribution in [0.15, 0.2) is 24.3 Å². The van der Waals surface area contributed by atoms with Gasteiger partial charge in [-0.25, -0.2) is 4.79 Å². The van der Waals surface area contributed by atoms with E-state index in [9.17, 15) is 4.79 Å². The second kappa shape index (κ2) is 6.88. The van der Waals surface area contributed by atoms with Gasteiger partial charge in [0.2, 0.25) is 0 Å². The zero-order valence-corrected chi connectivity index (χ0v) is 14.3. The molecule has 0 bridgehead atoms. The molecule has 5 heteroatoms. The third-order valence-corrected chi connectivity index (χ3v) is 4.25. The SMILES string of the molecule is CC(C)(C)OC(=O)N1CCC(C(CN)c2ccc(Cl)cc2)C1. The Bertz CT molecular complexity index is 510. The number of carbonyl (C=O) groups is 1. The number of hydrogen-bond acceptors (Lipinski definition) is 3. The number of amides is 1. The van der Waals surface area contributed by atoms with Crippen molar-refractivity contribution < 1.29 is 9.53 Å². The third kappa shape index (κ3) is 4.37. The van der Waals surface area contributed by atoms with Crippen LogP contribution in [0.4, 0.5) is 4.79 Å². The van der Waals surface area contributed by atoms with E-state index in [1.54, 1.807) is 4.90 Å². The molecule has 1 aromatic rings. The molecule has 0 aliphatic carbocycles. The molecule has 22 heavy (non-hydrogen) atoms. The molecular formula is C17H25ClN2O2. The van der Waals surface area contributed by atoms with E-state index in [4.69, 9.17) is 22.1 Å². The van der Waals surface area contributed by atoms with Crippen LogP contribution in [0.5, 0.6) is 0 Å². The maximum Gasteiger partial charge on any atom is 0.410 e. The van der Waals surface area contributed by atoms with Crippen molar-refractivity contribution in [2.24, 2.45) is 11.7 Å². The molecule has 1 heterocycles. The summed E-state index contributed by atoms with van der Waals surface area (Å²) in [5, 5.41) is 0.723. The van der Waals surface area contributed by atoms with E-state index in [0.29, 0.717) is 19.0 Å². The summed E-state index contributed by atoms with van der Waals surface area (Å²) < 4.78 is 5.44.